The molecular weight excluding hydrogens is 534 g/mol. The number of carbonyl (C=O) groups is 2. The van der Waals surface area contributed by atoms with E-state index in [4.69, 9.17) is 9.47 Å². The minimum Gasteiger partial charge on any atom is -0.507 e. The Morgan fingerprint density at radius 1 is 0.946 bits per heavy atom. The van der Waals surface area contributed by atoms with Gasteiger partial charge in [0, 0.05) is 16.6 Å². The molecule has 37 heavy (non-hydrogen) atoms. The van der Waals surface area contributed by atoms with E-state index in [1.807, 2.05) is 42.5 Å². The van der Waals surface area contributed by atoms with Gasteiger partial charge in [-0.1, -0.05) is 72.2 Å². The lowest BCUT2D eigenvalue weighted by Crippen LogP contribution is -2.31. The molecule has 1 fully saturated rings. The van der Waals surface area contributed by atoms with Crippen molar-refractivity contribution in [2.24, 2.45) is 0 Å². The molecule has 192 valence electrons. The molecule has 1 amide bonds. The predicted molar refractivity (Wildman–Crippen MR) is 147 cm³/mol. The molecule has 1 N–H and O–H groups in total. The Labute approximate surface area is 225 Å². The Morgan fingerprint density at radius 2 is 1.59 bits per heavy atom. The van der Waals surface area contributed by atoms with Crippen molar-refractivity contribution < 1.29 is 24.2 Å². The van der Waals surface area contributed by atoms with Crippen LogP contribution in [-0.2, 0) is 16.0 Å². The largest absolute Gasteiger partial charge is 0.507 e. The fourth-order valence-corrected chi connectivity index (χ4v) is 4.83. The van der Waals surface area contributed by atoms with Gasteiger partial charge in [-0.25, -0.2) is 0 Å². The minimum atomic E-state index is -0.704. The maximum atomic E-state index is 13.3. The molecule has 4 rings (SSSR count). The first-order chi connectivity index (χ1) is 17.7. The molecule has 1 saturated heterocycles. The number of benzene rings is 3. The normalized spacial score (nSPS) is 16.9. The highest BCUT2D eigenvalue weighted by atomic mass is 79.9. The van der Waals surface area contributed by atoms with Crippen LogP contribution in [-0.4, -0.2) is 42.5 Å². The van der Waals surface area contributed by atoms with Gasteiger partial charge < -0.3 is 19.5 Å². The van der Waals surface area contributed by atoms with Crippen molar-refractivity contribution >= 4 is 33.4 Å². The number of aliphatic hydroxyl groups excluding tert-OH is 1. The average Bonchev–Trinajstić information content (AvgIpc) is 3.16. The molecule has 0 spiro atoms. The maximum Gasteiger partial charge on any atom is 0.295 e. The number of hydrogen-bond donors (Lipinski definition) is 1. The number of rotatable bonds is 8. The Kier molecular flexibility index (Phi) is 8.03. The lowest BCUT2D eigenvalue weighted by atomic mass is 9.93. The smallest absolute Gasteiger partial charge is 0.295 e. The first-order valence-electron chi connectivity index (χ1n) is 12.1. The van der Waals surface area contributed by atoms with E-state index in [1.54, 1.807) is 43.4 Å². The predicted octanol–water partition coefficient (Wildman–Crippen LogP) is 6.25. The zero-order valence-electron chi connectivity index (χ0n) is 21.3. The molecular formula is C30H30BrNO5. The Balaban J connectivity index is 1.75. The van der Waals surface area contributed by atoms with Gasteiger partial charge in [0.25, 0.3) is 11.7 Å². The van der Waals surface area contributed by atoms with Crippen LogP contribution in [0.15, 0.2) is 76.8 Å². The first kappa shape index (κ1) is 26.5. The minimum absolute atomic E-state index is 0.0944. The summed E-state index contributed by atoms with van der Waals surface area (Å²) in [5.41, 5.74) is 3.43. The molecule has 1 aliphatic rings. The summed E-state index contributed by atoms with van der Waals surface area (Å²) in [6.07, 6.45) is 0.492. The highest BCUT2D eigenvalue weighted by Crippen LogP contribution is 2.40. The topological polar surface area (TPSA) is 76.1 Å². The summed E-state index contributed by atoms with van der Waals surface area (Å²) in [6, 6.07) is 19.8. The molecule has 1 aliphatic heterocycles. The summed E-state index contributed by atoms with van der Waals surface area (Å²) >= 11 is 3.39. The van der Waals surface area contributed by atoms with E-state index in [-0.39, 0.29) is 17.9 Å². The number of ketones is 1. The highest BCUT2D eigenvalue weighted by molar-refractivity contribution is 9.10. The van der Waals surface area contributed by atoms with Crippen LogP contribution in [0.2, 0.25) is 0 Å². The van der Waals surface area contributed by atoms with Crippen LogP contribution in [0.3, 0.4) is 0 Å². The molecule has 0 aromatic heterocycles. The summed E-state index contributed by atoms with van der Waals surface area (Å²) in [6.45, 7) is 4.50. The van der Waals surface area contributed by atoms with Gasteiger partial charge in [-0.3, -0.25) is 9.59 Å². The molecule has 0 unspecified atom stereocenters. The van der Waals surface area contributed by atoms with Crippen molar-refractivity contribution in [2.45, 2.75) is 32.2 Å². The van der Waals surface area contributed by atoms with E-state index in [1.165, 1.54) is 0 Å². The number of methoxy groups -OCH3 is 2. The summed E-state index contributed by atoms with van der Waals surface area (Å²) in [4.78, 5) is 28.1. The SMILES string of the molecule is COc1ccc(CCN2C(=O)C(=O)C(=C(O)c3ccc(Br)cc3)[C@H]2c2ccc(C(C)C)cc2)cc1OC. The molecule has 0 aliphatic carbocycles. The fourth-order valence-electron chi connectivity index (χ4n) is 4.57. The zero-order chi connectivity index (χ0) is 26.7. The van der Waals surface area contributed by atoms with Crippen LogP contribution in [0, 0.1) is 0 Å². The standard InChI is InChI=1S/C30H30BrNO5/c1-18(2)20-6-8-21(9-7-20)27-26(28(33)22-10-12-23(31)13-11-22)29(34)30(35)32(27)16-15-19-5-14-24(36-3)25(17-19)37-4/h5-14,17-18,27,33H,15-16H2,1-4H3/t27-/m1/s1. The third-order valence-electron chi connectivity index (χ3n) is 6.67. The summed E-state index contributed by atoms with van der Waals surface area (Å²) in [7, 11) is 3.15. The van der Waals surface area contributed by atoms with Gasteiger partial charge in [0.2, 0.25) is 0 Å². The second kappa shape index (κ2) is 11.2. The van der Waals surface area contributed by atoms with Crippen molar-refractivity contribution in [2.75, 3.05) is 20.8 Å². The lowest BCUT2D eigenvalue weighted by molar-refractivity contribution is -0.139. The number of likely N-dealkylation sites (tertiary alicyclic amines) is 1. The number of Topliss-reactive ketones (excluding diaryl/α,β-unsaturated/α-hetero) is 1. The van der Waals surface area contributed by atoms with E-state index in [0.717, 1.165) is 21.2 Å². The Hall–Kier alpha value is -3.58. The number of halogens is 1. The number of carbonyl (C=O) groups excluding carboxylic acids is 2. The van der Waals surface area contributed by atoms with Gasteiger partial charge in [-0.2, -0.15) is 0 Å². The first-order valence-corrected chi connectivity index (χ1v) is 12.9. The quantitative estimate of drug-likeness (QED) is 0.199. The summed E-state index contributed by atoms with van der Waals surface area (Å²) < 4.78 is 11.6. The molecule has 1 heterocycles. The zero-order valence-corrected chi connectivity index (χ0v) is 22.9. The Bertz CT molecular complexity index is 1330. The monoisotopic (exact) mass is 563 g/mol. The molecule has 6 nitrogen and oxygen atoms in total. The Morgan fingerprint density at radius 3 is 2.19 bits per heavy atom. The van der Waals surface area contributed by atoms with E-state index in [2.05, 4.69) is 29.8 Å². The van der Waals surface area contributed by atoms with Gasteiger partial charge in [0.15, 0.2) is 11.5 Å². The number of nitrogens with zero attached hydrogens (tertiary/aromatic N) is 1. The van der Waals surface area contributed by atoms with E-state index >= 15 is 0 Å². The number of amides is 1. The van der Waals surface area contributed by atoms with Crippen LogP contribution in [0.5, 0.6) is 11.5 Å². The molecule has 3 aromatic carbocycles. The van der Waals surface area contributed by atoms with Gasteiger partial charge in [0.1, 0.15) is 5.76 Å². The van der Waals surface area contributed by atoms with Crippen molar-refractivity contribution in [1.82, 2.24) is 4.90 Å². The number of hydrogen-bond acceptors (Lipinski definition) is 5. The van der Waals surface area contributed by atoms with Crippen molar-refractivity contribution in [3.63, 3.8) is 0 Å². The third-order valence-corrected chi connectivity index (χ3v) is 7.19. The van der Waals surface area contributed by atoms with Gasteiger partial charge in [-0.15, -0.1) is 0 Å². The lowest BCUT2D eigenvalue weighted by Gasteiger charge is -2.26. The number of aliphatic hydroxyl groups is 1. The molecule has 0 saturated carbocycles. The second-order valence-corrected chi connectivity index (χ2v) is 10.2. The number of ether oxygens (including phenoxy) is 2. The van der Waals surface area contributed by atoms with Crippen molar-refractivity contribution in [3.8, 4) is 11.5 Å². The summed E-state index contributed by atoms with van der Waals surface area (Å²) in [5.74, 6) is 0.0536. The van der Waals surface area contributed by atoms with Crippen molar-refractivity contribution in [3.05, 3.63) is 99.0 Å². The van der Waals surface area contributed by atoms with E-state index < -0.39 is 17.7 Å². The van der Waals surface area contributed by atoms with Crippen LogP contribution in [0.1, 0.15) is 48.1 Å². The van der Waals surface area contributed by atoms with Crippen LogP contribution in [0.25, 0.3) is 5.76 Å². The second-order valence-electron chi connectivity index (χ2n) is 9.26. The van der Waals surface area contributed by atoms with Crippen LogP contribution in [0.4, 0.5) is 0 Å². The highest BCUT2D eigenvalue weighted by Gasteiger charge is 2.45. The van der Waals surface area contributed by atoms with E-state index in [0.29, 0.717) is 29.4 Å². The van der Waals surface area contributed by atoms with Crippen molar-refractivity contribution in [1.29, 1.82) is 0 Å². The average molecular weight is 564 g/mol. The van der Waals surface area contributed by atoms with Gasteiger partial charge in [0.05, 0.1) is 25.8 Å². The van der Waals surface area contributed by atoms with Crippen LogP contribution >= 0.6 is 15.9 Å². The van der Waals surface area contributed by atoms with Crippen LogP contribution < -0.4 is 9.47 Å². The molecule has 3 aromatic rings. The third kappa shape index (κ3) is 5.42. The molecule has 0 bridgehead atoms. The molecule has 1 atom stereocenters. The molecule has 7 heteroatoms. The fraction of sp³-hybridized carbons (Fsp3) is 0.267. The van der Waals surface area contributed by atoms with Gasteiger partial charge >= 0.3 is 0 Å². The van der Waals surface area contributed by atoms with E-state index in [9.17, 15) is 14.7 Å². The molecule has 0 radical (unpaired) electrons. The summed E-state index contributed by atoms with van der Waals surface area (Å²) in [5, 5.41) is 11.2. The van der Waals surface area contributed by atoms with Gasteiger partial charge in [-0.05, 0) is 53.3 Å². The maximum absolute atomic E-state index is 13.3.